The van der Waals surface area contributed by atoms with Gasteiger partial charge in [0.1, 0.15) is 0 Å². The number of aromatic nitrogens is 2. The highest BCUT2D eigenvalue weighted by Gasteiger charge is 2.42. The van der Waals surface area contributed by atoms with Crippen molar-refractivity contribution in [2.75, 3.05) is 18.6 Å². The number of aliphatic hydroxyl groups is 1. The lowest BCUT2D eigenvalue weighted by molar-refractivity contribution is -0.137. The number of allylic oxidation sites excluding steroid dienone is 1. The van der Waals surface area contributed by atoms with Crippen LogP contribution in [0.3, 0.4) is 0 Å². The van der Waals surface area contributed by atoms with E-state index >= 15 is 0 Å². The van der Waals surface area contributed by atoms with Gasteiger partial charge in [0.25, 0.3) is 0 Å². The number of hydrogen-bond donors (Lipinski definition) is 1. The molecule has 2 atom stereocenters. The molecule has 28 heavy (non-hydrogen) atoms. The minimum absolute atomic E-state index is 0.0839. The van der Waals surface area contributed by atoms with Crippen molar-refractivity contribution >= 4 is 11.4 Å². The molecule has 0 saturated heterocycles. The quantitative estimate of drug-likeness (QED) is 0.860. The second kappa shape index (κ2) is 7.32. The highest BCUT2D eigenvalue weighted by atomic mass is 19.4. The number of nitrogens with zero attached hydrogens (tertiary/aromatic N) is 4. The fourth-order valence-electron chi connectivity index (χ4n) is 3.80. The highest BCUT2D eigenvalue weighted by Crippen LogP contribution is 2.44. The lowest BCUT2D eigenvalue weighted by Crippen LogP contribution is -2.48. The zero-order valence-electron chi connectivity index (χ0n) is 15.6. The Labute approximate surface area is 161 Å². The van der Waals surface area contributed by atoms with Gasteiger partial charge in [0.15, 0.2) is 0 Å². The number of hydrogen-bond acceptors (Lipinski definition) is 4. The molecule has 2 unspecified atom stereocenters. The fraction of sp³-hybridized carbons (Fsp3) is 0.400. The number of rotatable bonds is 4. The van der Waals surface area contributed by atoms with E-state index in [0.717, 1.165) is 5.70 Å². The third-order valence-corrected chi connectivity index (χ3v) is 5.46. The van der Waals surface area contributed by atoms with Crippen molar-refractivity contribution in [3.8, 4) is 6.07 Å². The normalized spacial score (nSPS) is 22.5. The van der Waals surface area contributed by atoms with Gasteiger partial charge in [-0.25, -0.2) is 4.98 Å². The molecule has 1 N–H and O–H groups in total. The molecule has 0 bridgehead atoms. The molecule has 0 aliphatic heterocycles. The summed E-state index contributed by atoms with van der Waals surface area (Å²) in [6.45, 7) is 1.69. The van der Waals surface area contributed by atoms with Gasteiger partial charge in [0.05, 0.1) is 41.9 Å². The Morgan fingerprint density at radius 1 is 1.43 bits per heavy atom. The SMILES string of the molecule is CN(c1cccc(C#N)c1C(F)(F)F)C1C=C(n2ccnc2)CCC1(C)CO. The maximum absolute atomic E-state index is 13.7. The van der Waals surface area contributed by atoms with Crippen LogP contribution in [-0.2, 0) is 6.18 Å². The molecule has 1 aromatic carbocycles. The first-order chi connectivity index (χ1) is 13.2. The first kappa shape index (κ1) is 20.0. The summed E-state index contributed by atoms with van der Waals surface area (Å²) in [6, 6.07) is 5.11. The van der Waals surface area contributed by atoms with Crippen LogP contribution in [0.5, 0.6) is 0 Å². The van der Waals surface area contributed by atoms with Crippen molar-refractivity contribution in [1.29, 1.82) is 5.26 Å². The average molecular weight is 390 g/mol. The standard InChI is InChI=1S/C20H21F3N4O/c1-19(12-28)7-6-15(27-9-8-25-13-27)10-17(19)26(2)16-5-3-4-14(11-24)18(16)20(21,22)23/h3-5,8-10,13,17,28H,6-7,12H2,1-2H3. The van der Waals surface area contributed by atoms with Crippen LogP contribution in [0.25, 0.3) is 5.70 Å². The summed E-state index contributed by atoms with van der Waals surface area (Å²) >= 11 is 0. The number of imidazole rings is 1. The monoisotopic (exact) mass is 390 g/mol. The summed E-state index contributed by atoms with van der Waals surface area (Å²) in [5.74, 6) is 0. The van der Waals surface area contributed by atoms with E-state index in [1.165, 1.54) is 23.1 Å². The molecule has 0 saturated carbocycles. The van der Waals surface area contributed by atoms with Gasteiger partial charge in [-0.2, -0.15) is 18.4 Å². The van der Waals surface area contributed by atoms with Gasteiger partial charge >= 0.3 is 6.18 Å². The second-order valence-electron chi connectivity index (χ2n) is 7.31. The van der Waals surface area contributed by atoms with Crippen LogP contribution < -0.4 is 4.90 Å². The summed E-state index contributed by atoms with van der Waals surface area (Å²) in [6.07, 6.45) is 3.53. The predicted molar refractivity (Wildman–Crippen MR) is 99.3 cm³/mol. The first-order valence-corrected chi connectivity index (χ1v) is 8.84. The van der Waals surface area contributed by atoms with Crippen LogP contribution >= 0.6 is 0 Å². The summed E-state index contributed by atoms with van der Waals surface area (Å²) in [4.78, 5) is 5.54. The van der Waals surface area contributed by atoms with Gasteiger partial charge in [-0.15, -0.1) is 0 Å². The van der Waals surface area contributed by atoms with E-state index in [1.807, 2.05) is 17.6 Å². The number of aliphatic hydroxyl groups excluding tert-OH is 1. The Kier molecular flexibility index (Phi) is 5.22. The van der Waals surface area contributed by atoms with E-state index in [9.17, 15) is 23.5 Å². The lowest BCUT2D eigenvalue weighted by atomic mass is 9.73. The molecule has 2 aromatic rings. The second-order valence-corrected chi connectivity index (χ2v) is 7.31. The zero-order chi connectivity index (χ0) is 20.5. The van der Waals surface area contributed by atoms with Crippen LogP contribution in [0.1, 0.15) is 30.9 Å². The Bertz CT molecular complexity index is 915. The highest BCUT2D eigenvalue weighted by molar-refractivity contribution is 5.63. The molecular formula is C20H21F3N4O. The van der Waals surface area contributed by atoms with Crippen LogP contribution in [-0.4, -0.2) is 34.4 Å². The number of alkyl halides is 3. The molecule has 1 aromatic heterocycles. The van der Waals surface area contributed by atoms with Crippen molar-refractivity contribution < 1.29 is 18.3 Å². The summed E-state index contributed by atoms with van der Waals surface area (Å²) < 4.78 is 43.1. The van der Waals surface area contributed by atoms with E-state index in [2.05, 4.69) is 4.98 Å². The number of likely N-dealkylation sites (N-methyl/N-ethyl adjacent to an activating group) is 1. The van der Waals surface area contributed by atoms with Crippen molar-refractivity contribution in [1.82, 2.24) is 9.55 Å². The zero-order valence-corrected chi connectivity index (χ0v) is 15.6. The molecule has 8 heteroatoms. The minimum atomic E-state index is -4.67. The van der Waals surface area contributed by atoms with E-state index in [4.69, 9.17) is 0 Å². The van der Waals surface area contributed by atoms with Crippen LogP contribution in [0.4, 0.5) is 18.9 Å². The first-order valence-electron chi connectivity index (χ1n) is 8.84. The molecule has 0 radical (unpaired) electrons. The fourth-order valence-corrected chi connectivity index (χ4v) is 3.80. The van der Waals surface area contributed by atoms with Crippen LogP contribution in [0, 0.1) is 16.7 Å². The van der Waals surface area contributed by atoms with Gasteiger partial charge in [-0.1, -0.05) is 13.0 Å². The minimum Gasteiger partial charge on any atom is -0.396 e. The van der Waals surface area contributed by atoms with Crippen LogP contribution in [0.15, 0.2) is 43.0 Å². The maximum Gasteiger partial charge on any atom is 0.419 e. The third kappa shape index (κ3) is 3.50. The maximum atomic E-state index is 13.7. The van der Waals surface area contributed by atoms with E-state index in [-0.39, 0.29) is 12.3 Å². The largest absolute Gasteiger partial charge is 0.419 e. The van der Waals surface area contributed by atoms with Crippen molar-refractivity contribution in [3.63, 3.8) is 0 Å². The van der Waals surface area contributed by atoms with E-state index in [1.54, 1.807) is 31.8 Å². The van der Waals surface area contributed by atoms with Gasteiger partial charge in [0.2, 0.25) is 0 Å². The number of anilines is 1. The van der Waals surface area contributed by atoms with Crippen molar-refractivity contribution in [2.24, 2.45) is 5.41 Å². The van der Waals surface area contributed by atoms with Gasteiger partial charge in [-0.05, 0) is 31.1 Å². The Morgan fingerprint density at radius 2 is 2.18 bits per heavy atom. The Morgan fingerprint density at radius 3 is 2.75 bits per heavy atom. The lowest BCUT2D eigenvalue weighted by Gasteiger charge is -2.45. The topological polar surface area (TPSA) is 65.1 Å². The number of nitriles is 1. The van der Waals surface area contributed by atoms with Crippen molar-refractivity contribution in [2.45, 2.75) is 32.0 Å². The molecule has 5 nitrogen and oxygen atoms in total. The predicted octanol–water partition coefficient (Wildman–Crippen LogP) is 3.91. The molecule has 0 amide bonds. The molecule has 148 valence electrons. The molecular weight excluding hydrogens is 369 g/mol. The molecule has 1 aliphatic carbocycles. The molecule has 0 fully saturated rings. The van der Waals surface area contributed by atoms with E-state index < -0.39 is 28.8 Å². The van der Waals surface area contributed by atoms with Gasteiger partial charge < -0.3 is 14.6 Å². The molecule has 3 rings (SSSR count). The number of halogens is 3. The van der Waals surface area contributed by atoms with Crippen LogP contribution in [0.2, 0.25) is 0 Å². The smallest absolute Gasteiger partial charge is 0.396 e. The summed E-state index contributed by atoms with van der Waals surface area (Å²) in [5, 5.41) is 19.2. The Hall–Kier alpha value is -2.79. The molecule has 1 aliphatic rings. The molecule has 0 spiro atoms. The van der Waals surface area contributed by atoms with E-state index in [0.29, 0.717) is 12.8 Å². The van der Waals surface area contributed by atoms with Crippen molar-refractivity contribution in [3.05, 3.63) is 54.1 Å². The van der Waals surface area contributed by atoms with Gasteiger partial charge in [-0.3, -0.25) is 0 Å². The Balaban J connectivity index is 2.13. The number of benzene rings is 1. The summed E-state index contributed by atoms with van der Waals surface area (Å²) in [5.41, 5.74) is -1.19. The average Bonchev–Trinajstić information content (AvgIpc) is 3.21. The summed E-state index contributed by atoms with van der Waals surface area (Å²) in [7, 11) is 1.57. The van der Waals surface area contributed by atoms with Gasteiger partial charge in [0, 0.05) is 30.6 Å². The third-order valence-electron chi connectivity index (χ3n) is 5.46. The molecule has 1 heterocycles.